The molecule has 7 heteroatoms. The smallest absolute Gasteiger partial charge is 0.319 e. The van der Waals surface area contributed by atoms with Gasteiger partial charge in [0.2, 0.25) is 0 Å². The Hall–Kier alpha value is -2.64. The molecule has 0 aliphatic carbocycles. The highest BCUT2D eigenvalue weighted by molar-refractivity contribution is 7.91. The molecule has 2 aromatic carbocycles. The molecule has 2 amide bonds. The first-order valence-corrected chi connectivity index (χ1v) is 10.4. The molecule has 3 rings (SSSR count). The van der Waals surface area contributed by atoms with Gasteiger partial charge in [-0.3, -0.25) is 0 Å². The van der Waals surface area contributed by atoms with Crippen LogP contribution in [0.25, 0.3) is 0 Å². The highest BCUT2D eigenvalue weighted by atomic mass is 32.2. The first kappa shape index (κ1) is 18.2. The quantitative estimate of drug-likeness (QED) is 0.670. The maximum Gasteiger partial charge on any atom is 0.319 e. The molecule has 0 saturated carbocycles. The van der Waals surface area contributed by atoms with E-state index in [4.69, 9.17) is 0 Å². The summed E-state index contributed by atoms with van der Waals surface area (Å²) >= 11 is 1.36. The van der Waals surface area contributed by atoms with Gasteiger partial charge in [0.25, 0.3) is 0 Å². The first-order chi connectivity index (χ1) is 12.6. The summed E-state index contributed by atoms with van der Waals surface area (Å²) < 4.78 is 26.1. The Morgan fingerprint density at radius 2 is 1.58 bits per heavy atom. The number of sulfone groups is 1. The van der Waals surface area contributed by atoms with Crippen LogP contribution in [0.4, 0.5) is 10.5 Å². The van der Waals surface area contributed by atoms with Gasteiger partial charge in [-0.25, -0.2) is 13.2 Å². The number of amides is 2. The summed E-state index contributed by atoms with van der Waals surface area (Å²) in [5.41, 5.74) is 0.642. The lowest BCUT2D eigenvalue weighted by atomic mass is 10.3. The van der Waals surface area contributed by atoms with Gasteiger partial charge in [0.15, 0.2) is 9.84 Å². The Bertz CT molecular complexity index is 941. The molecule has 1 aromatic heterocycles. The van der Waals surface area contributed by atoms with Gasteiger partial charge < -0.3 is 10.6 Å². The summed E-state index contributed by atoms with van der Waals surface area (Å²) in [7, 11) is -3.62. The lowest BCUT2D eigenvalue weighted by molar-refractivity contribution is 0.252. The number of carbonyl (C=O) groups excluding carboxylic acids is 1. The van der Waals surface area contributed by atoms with E-state index in [9.17, 15) is 13.2 Å². The minimum absolute atomic E-state index is 0.0175. The standard InChI is InChI=1S/C19H18N2O3S2/c22-19(21-15-8-3-1-4-9-15)20-14-18(17-12-7-13-25-17)26(23,24)16-10-5-2-6-11-16/h1-13,18H,14H2,(H2,20,21,22). The first-order valence-electron chi connectivity index (χ1n) is 7.99. The minimum Gasteiger partial charge on any atom is -0.336 e. The molecule has 5 nitrogen and oxygen atoms in total. The summed E-state index contributed by atoms with van der Waals surface area (Å²) in [6.45, 7) is -0.0175. The highest BCUT2D eigenvalue weighted by Crippen LogP contribution is 2.31. The Balaban J connectivity index is 1.77. The second-order valence-electron chi connectivity index (χ2n) is 5.56. The Kier molecular flexibility index (Phi) is 5.70. The van der Waals surface area contributed by atoms with Crippen LogP contribution in [0.15, 0.2) is 83.1 Å². The lowest BCUT2D eigenvalue weighted by Crippen LogP contribution is -2.34. The number of hydrogen-bond donors (Lipinski definition) is 2. The van der Waals surface area contributed by atoms with Crippen molar-refractivity contribution in [1.82, 2.24) is 5.32 Å². The Morgan fingerprint density at radius 1 is 0.923 bits per heavy atom. The van der Waals surface area contributed by atoms with Gasteiger partial charge in [0.1, 0.15) is 5.25 Å². The predicted molar refractivity (Wildman–Crippen MR) is 104 cm³/mol. The Morgan fingerprint density at radius 3 is 2.19 bits per heavy atom. The summed E-state index contributed by atoms with van der Waals surface area (Å²) in [6, 6.07) is 20.4. The molecule has 0 radical (unpaired) electrons. The highest BCUT2D eigenvalue weighted by Gasteiger charge is 2.30. The van der Waals surface area contributed by atoms with Crippen molar-refractivity contribution >= 4 is 32.9 Å². The van der Waals surface area contributed by atoms with Crippen molar-refractivity contribution in [1.29, 1.82) is 0 Å². The molecule has 0 spiro atoms. The fourth-order valence-electron chi connectivity index (χ4n) is 2.49. The predicted octanol–water partition coefficient (Wildman–Crippen LogP) is 4.08. The van der Waals surface area contributed by atoms with Gasteiger partial charge in [0, 0.05) is 17.1 Å². The average Bonchev–Trinajstić information content (AvgIpc) is 3.17. The van der Waals surface area contributed by atoms with E-state index in [-0.39, 0.29) is 11.4 Å². The Labute approximate surface area is 156 Å². The molecule has 134 valence electrons. The largest absolute Gasteiger partial charge is 0.336 e. The van der Waals surface area contributed by atoms with Gasteiger partial charge in [-0.1, -0.05) is 42.5 Å². The second kappa shape index (κ2) is 8.16. The van der Waals surface area contributed by atoms with Crippen LogP contribution >= 0.6 is 11.3 Å². The number of nitrogens with one attached hydrogen (secondary N) is 2. The van der Waals surface area contributed by atoms with E-state index in [0.29, 0.717) is 10.6 Å². The van der Waals surface area contributed by atoms with Gasteiger partial charge >= 0.3 is 6.03 Å². The van der Waals surface area contributed by atoms with Crippen LogP contribution in [-0.4, -0.2) is 21.0 Å². The number of benzene rings is 2. The third-order valence-corrected chi connectivity index (χ3v) is 7.02. The van der Waals surface area contributed by atoms with Crippen molar-refractivity contribution in [3.8, 4) is 0 Å². The monoisotopic (exact) mass is 386 g/mol. The van der Waals surface area contributed by atoms with Crippen molar-refractivity contribution in [2.24, 2.45) is 0 Å². The topological polar surface area (TPSA) is 75.3 Å². The number of para-hydroxylation sites is 1. The van der Waals surface area contributed by atoms with Crippen LogP contribution < -0.4 is 10.6 Å². The van der Waals surface area contributed by atoms with Gasteiger partial charge in [0.05, 0.1) is 4.90 Å². The molecule has 0 aliphatic heterocycles. The van der Waals surface area contributed by atoms with Crippen LogP contribution in [0.3, 0.4) is 0 Å². The van der Waals surface area contributed by atoms with Crippen molar-refractivity contribution in [3.05, 3.63) is 83.1 Å². The van der Waals surface area contributed by atoms with Gasteiger partial charge in [-0.05, 0) is 35.7 Å². The fraction of sp³-hybridized carbons (Fsp3) is 0.105. The van der Waals surface area contributed by atoms with Gasteiger partial charge in [-0.2, -0.15) is 0 Å². The average molecular weight is 386 g/mol. The molecule has 0 fully saturated rings. The molecular weight excluding hydrogens is 368 g/mol. The van der Waals surface area contributed by atoms with E-state index in [0.717, 1.165) is 0 Å². The third-order valence-electron chi connectivity index (χ3n) is 3.79. The molecule has 0 saturated heterocycles. The zero-order chi connectivity index (χ0) is 18.4. The minimum atomic E-state index is -3.62. The van der Waals surface area contributed by atoms with Crippen LogP contribution in [-0.2, 0) is 9.84 Å². The van der Waals surface area contributed by atoms with Crippen molar-refractivity contribution < 1.29 is 13.2 Å². The summed E-state index contributed by atoms with van der Waals surface area (Å²) in [5.74, 6) is 0. The summed E-state index contributed by atoms with van der Waals surface area (Å²) in [5, 5.41) is 6.35. The molecule has 0 bridgehead atoms. The van der Waals surface area contributed by atoms with E-state index in [1.165, 1.54) is 11.3 Å². The molecule has 1 heterocycles. The molecule has 3 aromatic rings. The van der Waals surface area contributed by atoms with E-state index in [1.54, 1.807) is 54.6 Å². The number of rotatable bonds is 6. The van der Waals surface area contributed by atoms with Crippen LogP contribution in [0.2, 0.25) is 0 Å². The molecule has 0 aliphatic rings. The van der Waals surface area contributed by atoms with E-state index < -0.39 is 21.1 Å². The maximum absolute atomic E-state index is 13.0. The van der Waals surface area contributed by atoms with Crippen molar-refractivity contribution in [2.75, 3.05) is 11.9 Å². The van der Waals surface area contributed by atoms with Gasteiger partial charge in [-0.15, -0.1) is 11.3 Å². The number of anilines is 1. The molecule has 2 N–H and O–H groups in total. The van der Waals surface area contributed by atoms with Crippen LogP contribution in [0, 0.1) is 0 Å². The van der Waals surface area contributed by atoms with Crippen molar-refractivity contribution in [2.45, 2.75) is 10.1 Å². The lowest BCUT2D eigenvalue weighted by Gasteiger charge is -2.17. The van der Waals surface area contributed by atoms with E-state index >= 15 is 0 Å². The summed E-state index contributed by atoms with van der Waals surface area (Å²) in [6.07, 6.45) is 0. The number of carbonyl (C=O) groups is 1. The second-order valence-corrected chi connectivity index (χ2v) is 8.67. The van der Waals surface area contributed by atoms with Crippen LogP contribution in [0.5, 0.6) is 0 Å². The molecule has 1 atom stereocenters. The molecular formula is C19H18N2O3S2. The normalized spacial score (nSPS) is 12.3. The maximum atomic E-state index is 13.0. The third kappa shape index (κ3) is 4.30. The number of hydrogen-bond acceptors (Lipinski definition) is 4. The van der Waals surface area contributed by atoms with E-state index in [1.807, 2.05) is 23.6 Å². The van der Waals surface area contributed by atoms with Crippen molar-refractivity contribution in [3.63, 3.8) is 0 Å². The van der Waals surface area contributed by atoms with Crippen LogP contribution in [0.1, 0.15) is 10.1 Å². The summed E-state index contributed by atoms with van der Waals surface area (Å²) in [4.78, 5) is 13.1. The molecule has 26 heavy (non-hydrogen) atoms. The zero-order valence-corrected chi connectivity index (χ0v) is 15.5. The number of urea groups is 1. The SMILES string of the molecule is O=C(NCC(c1cccs1)S(=O)(=O)c1ccccc1)Nc1ccccc1. The van der Waals surface area contributed by atoms with E-state index in [2.05, 4.69) is 10.6 Å². The molecule has 1 unspecified atom stereocenters. The fourth-order valence-corrected chi connectivity index (χ4v) is 5.30. The zero-order valence-electron chi connectivity index (χ0n) is 13.8. The number of thiophene rings is 1.